The van der Waals surface area contributed by atoms with Crippen LogP contribution in [0.4, 0.5) is 4.39 Å². The number of aryl methyl sites for hydroxylation is 1. The Morgan fingerprint density at radius 3 is 2.83 bits per heavy atom. The number of carbonyl (C=O) groups is 1. The van der Waals surface area contributed by atoms with E-state index in [1.54, 1.807) is 6.07 Å². The summed E-state index contributed by atoms with van der Waals surface area (Å²) in [5.74, 6) is -0.768. The summed E-state index contributed by atoms with van der Waals surface area (Å²) in [5.41, 5.74) is 7.57. The van der Waals surface area contributed by atoms with Crippen molar-refractivity contribution in [3.8, 4) is 0 Å². The second kappa shape index (κ2) is 8.08. The summed E-state index contributed by atoms with van der Waals surface area (Å²) in [4.78, 5) is 12.1. The van der Waals surface area contributed by atoms with Crippen LogP contribution in [-0.4, -0.2) is 32.4 Å². The smallest absolute Gasteiger partial charge is 0.237 e. The Balaban J connectivity index is 0.00000264. The van der Waals surface area contributed by atoms with E-state index in [1.807, 2.05) is 0 Å². The Morgan fingerprint density at radius 1 is 1.48 bits per heavy atom. The van der Waals surface area contributed by atoms with Crippen LogP contribution in [0.1, 0.15) is 36.4 Å². The number of nitrogens with one attached hydrogen (secondary N) is 1. The molecule has 1 aromatic carbocycles. The van der Waals surface area contributed by atoms with Crippen LogP contribution >= 0.6 is 12.4 Å². The van der Waals surface area contributed by atoms with Crippen molar-refractivity contribution >= 4 is 28.2 Å². The molecule has 0 aromatic heterocycles. The molecule has 3 N–H and O–H groups in total. The predicted octanol–water partition coefficient (Wildman–Crippen LogP) is 1.50. The Hall–Kier alpha value is -1.18. The van der Waals surface area contributed by atoms with E-state index in [2.05, 4.69) is 5.32 Å². The average molecular weight is 365 g/mol. The van der Waals surface area contributed by atoms with Gasteiger partial charge in [-0.05, 0) is 48.9 Å². The first-order valence-electron chi connectivity index (χ1n) is 7.28. The number of sulfone groups is 1. The predicted molar refractivity (Wildman–Crippen MR) is 89.8 cm³/mol. The summed E-state index contributed by atoms with van der Waals surface area (Å²) in [6, 6.07) is 3.52. The number of rotatable bonds is 5. The van der Waals surface area contributed by atoms with Gasteiger partial charge < -0.3 is 11.1 Å². The number of hydrogen-bond acceptors (Lipinski definition) is 4. The standard InChI is InChI=1S/C15H21FN2O3S.ClH/c1-22(20,21)8-7-13(17)15(19)18-14-4-2-3-10-9-11(16)5-6-12(10)14;/h5-6,9,13-14H,2-4,7-8,17H2,1H3,(H,18,19);1H. The summed E-state index contributed by atoms with van der Waals surface area (Å²) in [5, 5.41) is 2.85. The quantitative estimate of drug-likeness (QED) is 0.828. The first kappa shape index (κ1) is 19.9. The van der Waals surface area contributed by atoms with E-state index in [-0.39, 0.29) is 42.3 Å². The third-order valence-corrected chi connectivity index (χ3v) is 4.85. The third kappa shape index (κ3) is 5.75. The highest BCUT2D eigenvalue weighted by atomic mass is 35.5. The normalized spacial score (nSPS) is 18.5. The number of benzene rings is 1. The molecule has 23 heavy (non-hydrogen) atoms. The lowest BCUT2D eigenvalue weighted by Crippen LogP contribution is -2.43. The Labute approximate surface area is 142 Å². The first-order chi connectivity index (χ1) is 10.3. The molecule has 2 atom stereocenters. The molecule has 0 fully saturated rings. The van der Waals surface area contributed by atoms with Crippen LogP contribution in [0.3, 0.4) is 0 Å². The van der Waals surface area contributed by atoms with Crippen LogP contribution in [0.2, 0.25) is 0 Å². The van der Waals surface area contributed by atoms with Crippen molar-refractivity contribution in [1.29, 1.82) is 0 Å². The fraction of sp³-hybridized carbons (Fsp3) is 0.533. The minimum Gasteiger partial charge on any atom is -0.348 e. The van der Waals surface area contributed by atoms with Gasteiger partial charge in [0.2, 0.25) is 5.91 Å². The second-order valence-electron chi connectivity index (χ2n) is 5.82. The topological polar surface area (TPSA) is 89.3 Å². The Morgan fingerprint density at radius 2 is 2.17 bits per heavy atom. The molecule has 0 saturated carbocycles. The fourth-order valence-electron chi connectivity index (χ4n) is 2.68. The molecule has 0 radical (unpaired) electrons. The van der Waals surface area contributed by atoms with Crippen molar-refractivity contribution in [2.24, 2.45) is 5.73 Å². The maximum absolute atomic E-state index is 13.3. The van der Waals surface area contributed by atoms with E-state index < -0.39 is 15.9 Å². The maximum Gasteiger partial charge on any atom is 0.237 e. The van der Waals surface area contributed by atoms with Gasteiger partial charge in [-0.25, -0.2) is 12.8 Å². The van der Waals surface area contributed by atoms with E-state index in [0.717, 1.165) is 36.6 Å². The van der Waals surface area contributed by atoms with Gasteiger partial charge in [0.15, 0.2) is 0 Å². The van der Waals surface area contributed by atoms with Gasteiger partial charge >= 0.3 is 0 Å². The van der Waals surface area contributed by atoms with E-state index in [4.69, 9.17) is 5.73 Å². The van der Waals surface area contributed by atoms with E-state index in [0.29, 0.717) is 0 Å². The lowest BCUT2D eigenvalue weighted by Gasteiger charge is -2.27. The molecular weight excluding hydrogens is 343 g/mol. The number of halogens is 2. The highest BCUT2D eigenvalue weighted by Gasteiger charge is 2.24. The number of hydrogen-bond donors (Lipinski definition) is 2. The molecule has 8 heteroatoms. The molecular formula is C15H22ClFN2O3S. The fourth-order valence-corrected chi connectivity index (χ4v) is 3.37. The van der Waals surface area contributed by atoms with Crippen LogP contribution in [0.25, 0.3) is 0 Å². The molecule has 1 aliphatic rings. The highest BCUT2D eigenvalue weighted by Crippen LogP contribution is 2.30. The van der Waals surface area contributed by atoms with Gasteiger partial charge in [-0.15, -0.1) is 12.4 Å². The SMILES string of the molecule is CS(=O)(=O)CCC(N)C(=O)NC1CCCc2cc(F)ccc21.Cl. The van der Waals surface area contributed by atoms with Gasteiger partial charge in [0.25, 0.3) is 0 Å². The number of amides is 1. The second-order valence-corrected chi connectivity index (χ2v) is 8.08. The van der Waals surface area contributed by atoms with Crippen molar-refractivity contribution in [1.82, 2.24) is 5.32 Å². The van der Waals surface area contributed by atoms with E-state index >= 15 is 0 Å². The lowest BCUT2D eigenvalue weighted by atomic mass is 9.87. The molecule has 5 nitrogen and oxygen atoms in total. The average Bonchev–Trinajstić information content (AvgIpc) is 2.43. The zero-order valence-electron chi connectivity index (χ0n) is 12.9. The zero-order chi connectivity index (χ0) is 16.3. The number of fused-ring (bicyclic) bond motifs is 1. The van der Waals surface area contributed by atoms with E-state index in [9.17, 15) is 17.6 Å². The number of nitrogens with two attached hydrogens (primary N) is 1. The number of carbonyl (C=O) groups excluding carboxylic acids is 1. The van der Waals surface area contributed by atoms with Crippen LogP contribution < -0.4 is 11.1 Å². The van der Waals surface area contributed by atoms with Crippen LogP contribution in [0.5, 0.6) is 0 Å². The summed E-state index contributed by atoms with van der Waals surface area (Å²) in [7, 11) is -3.14. The molecule has 2 unspecified atom stereocenters. The van der Waals surface area contributed by atoms with Gasteiger partial charge in [0.05, 0.1) is 17.8 Å². The summed E-state index contributed by atoms with van der Waals surface area (Å²) in [6.07, 6.45) is 3.62. The molecule has 1 aliphatic carbocycles. The van der Waals surface area contributed by atoms with Gasteiger partial charge in [0, 0.05) is 6.26 Å². The lowest BCUT2D eigenvalue weighted by molar-refractivity contribution is -0.123. The summed E-state index contributed by atoms with van der Waals surface area (Å²) < 4.78 is 35.5. The molecule has 1 amide bonds. The molecule has 0 heterocycles. The van der Waals surface area contributed by atoms with Crippen molar-refractivity contribution in [2.45, 2.75) is 37.8 Å². The molecule has 0 bridgehead atoms. The van der Waals surface area contributed by atoms with Crippen LogP contribution in [-0.2, 0) is 21.1 Å². The van der Waals surface area contributed by atoms with E-state index in [1.165, 1.54) is 12.1 Å². The van der Waals surface area contributed by atoms with Gasteiger partial charge in [-0.3, -0.25) is 4.79 Å². The summed E-state index contributed by atoms with van der Waals surface area (Å²) >= 11 is 0. The van der Waals surface area contributed by atoms with Gasteiger partial charge in [0.1, 0.15) is 15.7 Å². The first-order valence-corrected chi connectivity index (χ1v) is 9.34. The van der Waals surface area contributed by atoms with Crippen molar-refractivity contribution in [3.63, 3.8) is 0 Å². The molecule has 0 spiro atoms. The molecule has 1 aromatic rings. The molecule has 0 aliphatic heterocycles. The van der Waals surface area contributed by atoms with Crippen LogP contribution in [0, 0.1) is 5.82 Å². The Kier molecular flexibility index (Phi) is 6.98. The third-order valence-electron chi connectivity index (χ3n) is 3.87. The van der Waals surface area contributed by atoms with Crippen LogP contribution in [0.15, 0.2) is 18.2 Å². The van der Waals surface area contributed by atoms with Crippen molar-refractivity contribution in [2.75, 3.05) is 12.0 Å². The minimum absolute atomic E-state index is 0. The van der Waals surface area contributed by atoms with Gasteiger partial charge in [-0.1, -0.05) is 6.07 Å². The molecule has 2 rings (SSSR count). The summed E-state index contributed by atoms with van der Waals surface area (Å²) in [6.45, 7) is 0. The Bertz CT molecular complexity index is 667. The van der Waals surface area contributed by atoms with Crippen molar-refractivity contribution < 1.29 is 17.6 Å². The largest absolute Gasteiger partial charge is 0.348 e. The molecule has 0 saturated heterocycles. The minimum atomic E-state index is -3.14. The highest BCUT2D eigenvalue weighted by molar-refractivity contribution is 7.90. The molecule has 130 valence electrons. The zero-order valence-corrected chi connectivity index (χ0v) is 14.6. The van der Waals surface area contributed by atoms with Gasteiger partial charge in [-0.2, -0.15) is 0 Å². The van der Waals surface area contributed by atoms with Crippen molar-refractivity contribution in [3.05, 3.63) is 35.1 Å². The maximum atomic E-state index is 13.3. The monoisotopic (exact) mass is 364 g/mol.